The quantitative estimate of drug-likeness (QED) is 0.546. The molecule has 0 radical (unpaired) electrons. The second-order valence-electron chi connectivity index (χ2n) is 7.92. The molecule has 2 N–H and O–H groups in total. The summed E-state index contributed by atoms with van der Waals surface area (Å²) in [6.07, 6.45) is 1.53. The third kappa shape index (κ3) is 3.76. The Bertz CT molecular complexity index is 1190. The van der Waals surface area contributed by atoms with Crippen LogP contribution in [-0.2, 0) is 5.54 Å². The molecule has 0 bridgehead atoms. The van der Waals surface area contributed by atoms with Crippen LogP contribution in [0.3, 0.4) is 0 Å². The SMILES string of the molecule is CC(C)(C)n1ncc2c(=O)[nH]c(NC(c3ccccc3)c3ccc(F)cc3)nc21. The largest absolute Gasteiger partial charge is 0.345 e. The van der Waals surface area contributed by atoms with Crippen LogP contribution in [0.15, 0.2) is 65.6 Å². The number of hydrogen-bond donors (Lipinski definition) is 2. The Morgan fingerprint density at radius 1 is 1.03 bits per heavy atom. The van der Waals surface area contributed by atoms with Gasteiger partial charge in [0.15, 0.2) is 5.65 Å². The molecule has 2 heterocycles. The van der Waals surface area contributed by atoms with Gasteiger partial charge in [-0.1, -0.05) is 42.5 Å². The Labute approximate surface area is 167 Å². The highest BCUT2D eigenvalue weighted by molar-refractivity contribution is 5.74. The summed E-state index contributed by atoms with van der Waals surface area (Å²) in [6.45, 7) is 6.00. The predicted octanol–water partition coefficient (Wildman–Crippen LogP) is 4.22. The summed E-state index contributed by atoms with van der Waals surface area (Å²) < 4.78 is 15.2. The summed E-state index contributed by atoms with van der Waals surface area (Å²) in [4.78, 5) is 20.0. The maximum absolute atomic E-state index is 13.4. The number of halogens is 1. The van der Waals surface area contributed by atoms with E-state index >= 15 is 0 Å². The molecule has 4 rings (SSSR count). The van der Waals surface area contributed by atoms with Gasteiger partial charge in [0.25, 0.3) is 5.56 Å². The van der Waals surface area contributed by atoms with E-state index in [1.807, 2.05) is 51.1 Å². The van der Waals surface area contributed by atoms with E-state index in [2.05, 4.69) is 20.4 Å². The van der Waals surface area contributed by atoms with Crippen molar-refractivity contribution in [1.82, 2.24) is 19.7 Å². The number of fused-ring (bicyclic) bond motifs is 1. The Morgan fingerprint density at radius 2 is 1.69 bits per heavy atom. The number of H-pyrrole nitrogens is 1. The molecule has 0 saturated carbocycles. The molecular weight excluding hydrogens is 369 g/mol. The van der Waals surface area contributed by atoms with E-state index in [-0.39, 0.29) is 23.0 Å². The molecule has 0 amide bonds. The monoisotopic (exact) mass is 391 g/mol. The van der Waals surface area contributed by atoms with Crippen LogP contribution in [0.1, 0.15) is 37.9 Å². The molecule has 7 heteroatoms. The first kappa shape index (κ1) is 18.9. The average Bonchev–Trinajstić information content (AvgIpc) is 3.13. The zero-order valence-electron chi connectivity index (χ0n) is 16.5. The summed E-state index contributed by atoms with van der Waals surface area (Å²) in [7, 11) is 0. The fourth-order valence-corrected chi connectivity index (χ4v) is 3.27. The van der Waals surface area contributed by atoms with Crippen LogP contribution < -0.4 is 10.9 Å². The molecule has 148 valence electrons. The van der Waals surface area contributed by atoms with Crippen molar-refractivity contribution in [2.75, 3.05) is 5.32 Å². The van der Waals surface area contributed by atoms with Gasteiger partial charge in [-0.05, 0) is 44.0 Å². The lowest BCUT2D eigenvalue weighted by Gasteiger charge is -2.22. The van der Waals surface area contributed by atoms with E-state index in [0.29, 0.717) is 17.0 Å². The molecule has 0 aliphatic rings. The molecule has 1 atom stereocenters. The van der Waals surface area contributed by atoms with Crippen LogP contribution >= 0.6 is 0 Å². The Morgan fingerprint density at radius 3 is 2.34 bits per heavy atom. The standard InChI is InChI=1S/C22H22FN5O/c1-22(2,3)28-19-17(13-24-28)20(29)27-21(26-19)25-18(14-7-5-4-6-8-14)15-9-11-16(23)12-10-15/h4-13,18H,1-3H3,(H2,25,26,27,29). The summed E-state index contributed by atoms with van der Waals surface area (Å²) in [5.41, 5.74) is 1.74. The second-order valence-corrected chi connectivity index (χ2v) is 7.92. The maximum Gasteiger partial charge on any atom is 0.263 e. The van der Waals surface area contributed by atoms with Crippen LogP contribution in [-0.4, -0.2) is 19.7 Å². The Hall–Kier alpha value is -3.48. The van der Waals surface area contributed by atoms with Gasteiger partial charge in [0.2, 0.25) is 5.95 Å². The molecule has 4 aromatic rings. The number of nitrogens with one attached hydrogen (secondary N) is 2. The molecule has 29 heavy (non-hydrogen) atoms. The van der Waals surface area contributed by atoms with Crippen LogP contribution in [0.5, 0.6) is 0 Å². The van der Waals surface area contributed by atoms with Gasteiger partial charge < -0.3 is 5.32 Å². The lowest BCUT2D eigenvalue weighted by molar-refractivity contribution is 0.366. The van der Waals surface area contributed by atoms with Gasteiger partial charge in [-0.2, -0.15) is 10.1 Å². The van der Waals surface area contributed by atoms with E-state index in [9.17, 15) is 9.18 Å². The molecule has 0 aliphatic carbocycles. The first-order chi connectivity index (χ1) is 13.8. The van der Waals surface area contributed by atoms with Gasteiger partial charge >= 0.3 is 0 Å². The number of aromatic nitrogens is 4. The summed E-state index contributed by atoms with van der Waals surface area (Å²) in [5, 5.41) is 8.07. The second kappa shape index (κ2) is 7.16. The minimum absolute atomic E-state index is 0.265. The summed E-state index contributed by atoms with van der Waals surface area (Å²) in [5.74, 6) is 0.0225. The number of anilines is 1. The average molecular weight is 391 g/mol. The number of benzene rings is 2. The van der Waals surface area contributed by atoms with Crippen molar-refractivity contribution in [3.63, 3.8) is 0 Å². The number of nitrogens with zero attached hydrogens (tertiary/aromatic N) is 3. The van der Waals surface area contributed by atoms with Crippen molar-refractivity contribution >= 4 is 17.0 Å². The number of hydrogen-bond acceptors (Lipinski definition) is 4. The van der Waals surface area contributed by atoms with Gasteiger partial charge in [0.1, 0.15) is 11.2 Å². The van der Waals surface area contributed by atoms with Crippen LogP contribution in [0.4, 0.5) is 10.3 Å². The fourth-order valence-electron chi connectivity index (χ4n) is 3.27. The van der Waals surface area contributed by atoms with Gasteiger partial charge in [0.05, 0.1) is 17.8 Å². The highest BCUT2D eigenvalue weighted by atomic mass is 19.1. The number of rotatable bonds is 4. The Balaban J connectivity index is 1.81. The first-order valence-corrected chi connectivity index (χ1v) is 9.38. The minimum Gasteiger partial charge on any atom is -0.345 e. The van der Waals surface area contributed by atoms with Gasteiger partial charge in [-0.25, -0.2) is 9.07 Å². The van der Waals surface area contributed by atoms with Crippen molar-refractivity contribution in [2.24, 2.45) is 0 Å². The van der Waals surface area contributed by atoms with Crippen LogP contribution in [0, 0.1) is 5.82 Å². The molecular formula is C22H22FN5O. The lowest BCUT2D eigenvalue weighted by Crippen LogP contribution is -2.24. The smallest absolute Gasteiger partial charge is 0.263 e. The van der Waals surface area contributed by atoms with E-state index in [1.165, 1.54) is 18.3 Å². The van der Waals surface area contributed by atoms with Crippen molar-refractivity contribution < 1.29 is 4.39 Å². The van der Waals surface area contributed by atoms with E-state index < -0.39 is 0 Å². The first-order valence-electron chi connectivity index (χ1n) is 9.38. The molecule has 2 aromatic carbocycles. The highest BCUT2D eigenvalue weighted by Crippen LogP contribution is 2.26. The van der Waals surface area contributed by atoms with Gasteiger partial charge in [-0.15, -0.1) is 0 Å². The lowest BCUT2D eigenvalue weighted by atomic mass is 9.99. The zero-order chi connectivity index (χ0) is 20.6. The van der Waals surface area contributed by atoms with E-state index in [0.717, 1.165) is 11.1 Å². The molecule has 0 aliphatic heterocycles. The zero-order valence-corrected chi connectivity index (χ0v) is 16.5. The normalized spacial score (nSPS) is 12.8. The van der Waals surface area contributed by atoms with E-state index in [1.54, 1.807) is 16.8 Å². The van der Waals surface area contributed by atoms with Gasteiger partial charge in [-0.3, -0.25) is 9.78 Å². The topological polar surface area (TPSA) is 75.6 Å². The summed E-state index contributed by atoms with van der Waals surface area (Å²) in [6, 6.07) is 15.7. The molecule has 0 saturated heterocycles. The molecule has 2 aromatic heterocycles. The Kier molecular flexibility index (Phi) is 4.66. The van der Waals surface area contributed by atoms with Gasteiger partial charge in [0, 0.05) is 0 Å². The number of aromatic amines is 1. The van der Waals surface area contributed by atoms with Crippen molar-refractivity contribution in [1.29, 1.82) is 0 Å². The molecule has 0 fully saturated rings. The fraction of sp³-hybridized carbons (Fsp3) is 0.227. The minimum atomic E-state index is -0.324. The third-order valence-corrected chi connectivity index (χ3v) is 4.69. The summed E-state index contributed by atoms with van der Waals surface area (Å²) >= 11 is 0. The van der Waals surface area contributed by atoms with Crippen molar-refractivity contribution in [3.05, 3.63) is 88.1 Å². The molecule has 6 nitrogen and oxygen atoms in total. The van der Waals surface area contributed by atoms with Crippen LogP contribution in [0.2, 0.25) is 0 Å². The van der Waals surface area contributed by atoms with Crippen molar-refractivity contribution in [3.8, 4) is 0 Å². The van der Waals surface area contributed by atoms with Crippen LogP contribution in [0.25, 0.3) is 11.0 Å². The maximum atomic E-state index is 13.4. The molecule has 1 unspecified atom stereocenters. The highest BCUT2D eigenvalue weighted by Gasteiger charge is 2.21. The van der Waals surface area contributed by atoms with E-state index in [4.69, 9.17) is 0 Å². The van der Waals surface area contributed by atoms with Crippen molar-refractivity contribution in [2.45, 2.75) is 32.4 Å². The predicted molar refractivity (Wildman–Crippen MR) is 111 cm³/mol. The third-order valence-electron chi connectivity index (χ3n) is 4.69. The molecule has 0 spiro atoms.